The minimum Gasteiger partial charge on any atom is -0.492 e. The Morgan fingerprint density at radius 3 is 2.73 bits per heavy atom. The van der Waals surface area contributed by atoms with Gasteiger partial charge in [0.25, 0.3) is 0 Å². The van der Waals surface area contributed by atoms with Crippen LogP contribution < -0.4 is 15.8 Å². The summed E-state index contributed by atoms with van der Waals surface area (Å²) in [4.78, 5) is 11.5. The monoisotopic (exact) mass is 320 g/mol. The van der Waals surface area contributed by atoms with Crippen LogP contribution >= 0.6 is 0 Å². The third-order valence-electron chi connectivity index (χ3n) is 2.86. The number of nitrogens with one attached hydrogen (secondary N) is 1. The molecule has 1 amide bonds. The van der Waals surface area contributed by atoms with Gasteiger partial charge in [-0.3, -0.25) is 4.79 Å². The summed E-state index contributed by atoms with van der Waals surface area (Å²) in [6, 6.07) is 4.57. The van der Waals surface area contributed by atoms with E-state index < -0.39 is 11.7 Å². The SMILES string of the molecule is COC(CN)CC(=O)NCCOc1cccc(C(F)(F)F)c1. The molecule has 8 heteroatoms. The average molecular weight is 320 g/mol. The molecule has 0 saturated carbocycles. The number of hydrogen-bond donors (Lipinski definition) is 2. The maximum atomic E-state index is 12.5. The summed E-state index contributed by atoms with van der Waals surface area (Å²) >= 11 is 0. The zero-order valence-corrected chi connectivity index (χ0v) is 12.2. The molecule has 1 atom stereocenters. The summed E-state index contributed by atoms with van der Waals surface area (Å²) in [6.45, 7) is 0.466. The summed E-state index contributed by atoms with van der Waals surface area (Å²) in [5.41, 5.74) is 4.61. The molecule has 1 rings (SSSR count). The minimum atomic E-state index is -4.41. The fourth-order valence-corrected chi connectivity index (χ4v) is 1.66. The lowest BCUT2D eigenvalue weighted by molar-refractivity contribution is -0.137. The number of rotatable bonds is 8. The minimum absolute atomic E-state index is 0.0628. The number of amides is 1. The normalized spacial score (nSPS) is 12.8. The van der Waals surface area contributed by atoms with Crippen LogP contribution in [0.15, 0.2) is 24.3 Å². The van der Waals surface area contributed by atoms with E-state index in [2.05, 4.69) is 5.32 Å². The number of halogens is 3. The van der Waals surface area contributed by atoms with Crippen molar-refractivity contribution in [2.45, 2.75) is 18.7 Å². The molecule has 0 fully saturated rings. The maximum Gasteiger partial charge on any atom is 0.416 e. The molecular weight excluding hydrogens is 301 g/mol. The highest BCUT2D eigenvalue weighted by atomic mass is 19.4. The number of alkyl halides is 3. The number of benzene rings is 1. The van der Waals surface area contributed by atoms with Gasteiger partial charge in [0.05, 0.1) is 24.6 Å². The molecule has 5 nitrogen and oxygen atoms in total. The third kappa shape index (κ3) is 6.31. The lowest BCUT2D eigenvalue weighted by Gasteiger charge is -2.13. The van der Waals surface area contributed by atoms with Crippen molar-refractivity contribution in [3.05, 3.63) is 29.8 Å². The Labute approximate surface area is 126 Å². The van der Waals surface area contributed by atoms with Crippen LogP contribution in [0.4, 0.5) is 13.2 Å². The number of methoxy groups -OCH3 is 1. The summed E-state index contributed by atoms with van der Waals surface area (Å²) < 4.78 is 47.7. The van der Waals surface area contributed by atoms with E-state index in [4.69, 9.17) is 15.2 Å². The van der Waals surface area contributed by atoms with E-state index in [1.807, 2.05) is 0 Å². The molecule has 1 aromatic rings. The molecular formula is C14H19F3N2O3. The lowest BCUT2D eigenvalue weighted by Crippen LogP contribution is -2.34. The Morgan fingerprint density at radius 1 is 1.41 bits per heavy atom. The molecule has 0 aliphatic carbocycles. The fraction of sp³-hybridized carbons (Fsp3) is 0.500. The van der Waals surface area contributed by atoms with Gasteiger partial charge in [-0.25, -0.2) is 0 Å². The van der Waals surface area contributed by atoms with Crippen LogP contribution in [0, 0.1) is 0 Å². The summed E-state index contributed by atoms with van der Waals surface area (Å²) in [5, 5.41) is 2.58. The van der Waals surface area contributed by atoms with Crippen molar-refractivity contribution in [1.29, 1.82) is 0 Å². The van der Waals surface area contributed by atoms with Gasteiger partial charge in [-0.1, -0.05) is 6.07 Å². The molecule has 1 aromatic carbocycles. The first-order valence-corrected chi connectivity index (χ1v) is 6.66. The molecule has 0 heterocycles. The summed E-state index contributed by atoms with van der Waals surface area (Å²) in [6.07, 6.45) is -4.65. The molecule has 1 unspecified atom stereocenters. The molecule has 124 valence electrons. The van der Waals surface area contributed by atoms with Crippen molar-refractivity contribution in [1.82, 2.24) is 5.32 Å². The van der Waals surface area contributed by atoms with Crippen molar-refractivity contribution < 1.29 is 27.4 Å². The predicted molar refractivity (Wildman–Crippen MR) is 74.4 cm³/mol. The van der Waals surface area contributed by atoms with Gasteiger partial charge in [-0.15, -0.1) is 0 Å². The number of carbonyl (C=O) groups is 1. The van der Waals surface area contributed by atoms with Gasteiger partial charge >= 0.3 is 6.18 Å². The summed E-state index contributed by atoms with van der Waals surface area (Å²) in [7, 11) is 1.46. The lowest BCUT2D eigenvalue weighted by atomic mass is 10.2. The largest absolute Gasteiger partial charge is 0.492 e. The van der Waals surface area contributed by atoms with Gasteiger partial charge in [0.15, 0.2) is 0 Å². The molecule has 3 N–H and O–H groups in total. The first kappa shape index (κ1) is 18.2. The second-order valence-corrected chi connectivity index (χ2v) is 4.52. The van der Waals surface area contributed by atoms with Crippen molar-refractivity contribution in [3.8, 4) is 5.75 Å². The van der Waals surface area contributed by atoms with Crippen LogP contribution in [0.3, 0.4) is 0 Å². The molecule has 0 spiro atoms. The highest BCUT2D eigenvalue weighted by molar-refractivity contribution is 5.76. The second-order valence-electron chi connectivity index (χ2n) is 4.52. The van der Waals surface area contributed by atoms with Crippen LogP contribution in [-0.4, -0.2) is 38.8 Å². The number of carbonyl (C=O) groups excluding carboxylic acids is 1. The number of ether oxygens (including phenoxy) is 2. The van der Waals surface area contributed by atoms with E-state index >= 15 is 0 Å². The van der Waals surface area contributed by atoms with E-state index in [1.165, 1.54) is 19.2 Å². The quantitative estimate of drug-likeness (QED) is 0.713. The standard InChI is InChI=1S/C14H19F3N2O3/c1-21-12(9-18)8-13(20)19-5-6-22-11-4-2-3-10(7-11)14(15,16)17/h2-4,7,12H,5-6,8-9,18H2,1H3,(H,19,20). The highest BCUT2D eigenvalue weighted by Gasteiger charge is 2.30. The number of nitrogens with two attached hydrogens (primary N) is 1. The van der Waals surface area contributed by atoms with Crippen molar-refractivity contribution in [2.24, 2.45) is 5.73 Å². The fourth-order valence-electron chi connectivity index (χ4n) is 1.66. The van der Waals surface area contributed by atoms with Crippen LogP contribution in [0.5, 0.6) is 5.75 Å². The van der Waals surface area contributed by atoms with E-state index in [0.717, 1.165) is 12.1 Å². The Bertz CT molecular complexity index is 477. The summed E-state index contributed by atoms with van der Waals surface area (Å²) in [5.74, 6) is -0.161. The third-order valence-corrected chi connectivity index (χ3v) is 2.86. The number of hydrogen-bond acceptors (Lipinski definition) is 4. The molecule has 0 radical (unpaired) electrons. The zero-order chi connectivity index (χ0) is 16.6. The van der Waals surface area contributed by atoms with Crippen molar-refractivity contribution >= 4 is 5.91 Å². The molecule has 0 aliphatic rings. The van der Waals surface area contributed by atoms with Gasteiger partial charge in [0.1, 0.15) is 12.4 Å². The molecule has 0 aromatic heterocycles. The highest BCUT2D eigenvalue weighted by Crippen LogP contribution is 2.31. The van der Waals surface area contributed by atoms with E-state index in [9.17, 15) is 18.0 Å². The average Bonchev–Trinajstić information content (AvgIpc) is 2.48. The Morgan fingerprint density at radius 2 is 2.14 bits per heavy atom. The maximum absolute atomic E-state index is 12.5. The van der Waals surface area contributed by atoms with E-state index in [1.54, 1.807) is 0 Å². The Hall–Kier alpha value is -1.80. The van der Waals surface area contributed by atoms with Crippen molar-refractivity contribution in [3.63, 3.8) is 0 Å². The van der Waals surface area contributed by atoms with E-state index in [-0.39, 0.29) is 43.9 Å². The van der Waals surface area contributed by atoms with Gasteiger partial charge < -0.3 is 20.5 Å². The van der Waals surface area contributed by atoms with Crippen LogP contribution in [-0.2, 0) is 15.7 Å². The Balaban J connectivity index is 2.34. The molecule has 0 bridgehead atoms. The van der Waals surface area contributed by atoms with Gasteiger partial charge in [0.2, 0.25) is 5.91 Å². The van der Waals surface area contributed by atoms with E-state index in [0.29, 0.717) is 0 Å². The van der Waals surface area contributed by atoms with Gasteiger partial charge in [-0.05, 0) is 18.2 Å². The van der Waals surface area contributed by atoms with Crippen LogP contribution in [0.1, 0.15) is 12.0 Å². The van der Waals surface area contributed by atoms with Crippen LogP contribution in [0.25, 0.3) is 0 Å². The zero-order valence-electron chi connectivity index (χ0n) is 12.2. The topological polar surface area (TPSA) is 73.6 Å². The van der Waals surface area contributed by atoms with Crippen molar-refractivity contribution in [2.75, 3.05) is 26.8 Å². The second kappa shape index (κ2) is 8.60. The van der Waals surface area contributed by atoms with Gasteiger partial charge in [-0.2, -0.15) is 13.2 Å². The van der Waals surface area contributed by atoms with Crippen LogP contribution in [0.2, 0.25) is 0 Å². The van der Waals surface area contributed by atoms with Gasteiger partial charge in [0, 0.05) is 13.7 Å². The molecule has 0 saturated heterocycles. The predicted octanol–water partition coefficient (Wildman–Crippen LogP) is 1.56. The smallest absolute Gasteiger partial charge is 0.416 e. The first-order chi connectivity index (χ1) is 10.4. The molecule has 22 heavy (non-hydrogen) atoms. The first-order valence-electron chi connectivity index (χ1n) is 6.66. The molecule has 0 aliphatic heterocycles. The Kier molecular flexibility index (Phi) is 7.13.